The largest absolute Gasteiger partial charge is 0.207 e. The van der Waals surface area contributed by atoms with Crippen LogP contribution in [0.5, 0.6) is 0 Å². The second-order valence-electron chi connectivity index (χ2n) is 3.38. The van der Waals surface area contributed by atoms with Gasteiger partial charge in [0.05, 0.1) is 0 Å². The van der Waals surface area contributed by atoms with Crippen LogP contribution in [0, 0.1) is 12.7 Å². The summed E-state index contributed by atoms with van der Waals surface area (Å²) in [5.74, 6) is -0.187. The van der Waals surface area contributed by atoms with Gasteiger partial charge in [0.15, 0.2) is 0 Å². The van der Waals surface area contributed by atoms with Crippen molar-refractivity contribution >= 4 is 11.8 Å². The summed E-state index contributed by atoms with van der Waals surface area (Å²) in [6.07, 6.45) is 0. The summed E-state index contributed by atoms with van der Waals surface area (Å²) in [6, 6.07) is 14.8. The normalized spacial score (nSPS) is 10.3. The van der Waals surface area contributed by atoms with Crippen molar-refractivity contribution in [2.75, 3.05) is 0 Å². The van der Waals surface area contributed by atoms with Gasteiger partial charge in [-0.1, -0.05) is 35.5 Å². The molecule has 0 aliphatic carbocycles. The van der Waals surface area contributed by atoms with Gasteiger partial charge in [-0.25, -0.2) is 4.39 Å². The Balaban J connectivity index is 2.22. The number of rotatable bonds is 2. The van der Waals surface area contributed by atoms with E-state index in [0.717, 1.165) is 9.79 Å². The van der Waals surface area contributed by atoms with Gasteiger partial charge >= 0.3 is 0 Å². The van der Waals surface area contributed by atoms with Crippen LogP contribution in [-0.2, 0) is 0 Å². The number of hydrogen-bond acceptors (Lipinski definition) is 1. The molecule has 15 heavy (non-hydrogen) atoms. The van der Waals surface area contributed by atoms with Crippen molar-refractivity contribution in [3.05, 3.63) is 59.9 Å². The third kappa shape index (κ3) is 2.83. The molecule has 0 aromatic heterocycles. The van der Waals surface area contributed by atoms with Crippen LogP contribution in [0.2, 0.25) is 0 Å². The van der Waals surface area contributed by atoms with Crippen molar-refractivity contribution in [1.29, 1.82) is 0 Å². The molecule has 0 aliphatic rings. The van der Waals surface area contributed by atoms with E-state index in [4.69, 9.17) is 0 Å². The van der Waals surface area contributed by atoms with E-state index in [2.05, 4.69) is 19.1 Å². The minimum absolute atomic E-state index is 0.187. The van der Waals surface area contributed by atoms with E-state index in [1.807, 2.05) is 18.2 Å². The summed E-state index contributed by atoms with van der Waals surface area (Å²) in [4.78, 5) is 2.07. The molecule has 0 atom stereocenters. The van der Waals surface area contributed by atoms with Gasteiger partial charge in [0.1, 0.15) is 5.82 Å². The summed E-state index contributed by atoms with van der Waals surface area (Å²) in [5.41, 5.74) is 1.22. The Morgan fingerprint density at radius 3 is 2.27 bits per heavy atom. The van der Waals surface area contributed by atoms with E-state index >= 15 is 0 Å². The molecule has 0 bridgehead atoms. The minimum atomic E-state index is -0.187. The fourth-order valence-corrected chi connectivity index (χ4v) is 2.33. The van der Waals surface area contributed by atoms with Crippen LogP contribution in [0.1, 0.15) is 5.56 Å². The molecule has 76 valence electrons. The molecule has 2 aromatic carbocycles. The lowest BCUT2D eigenvalue weighted by atomic mass is 10.2. The van der Waals surface area contributed by atoms with Crippen LogP contribution in [0.15, 0.2) is 58.3 Å². The van der Waals surface area contributed by atoms with Crippen LogP contribution < -0.4 is 0 Å². The summed E-state index contributed by atoms with van der Waals surface area (Å²) >= 11 is 1.58. The number of hydrogen-bond donors (Lipinski definition) is 0. The van der Waals surface area contributed by atoms with Crippen molar-refractivity contribution in [3.8, 4) is 0 Å². The SMILES string of the molecule is Cc1cccc(Sc2cccc(F)c2)c1. The molecule has 2 aromatic rings. The molecule has 0 N–H and O–H groups in total. The summed E-state index contributed by atoms with van der Waals surface area (Å²) in [5, 5.41) is 0. The van der Waals surface area contributed by atoms with Gasteiger partial charge in [0.2, 0.25) is 0 Å². The molecule has 0 fully saturated rings. The Kier molecular flexibility index (Phi) is 3.07. The Morgan fingerprint density at radius 2 is 1.60 bits per heavy atom. The Hall–Kier alpha value is -1.28. The molecule has 0 heterocycles. The van der Waals surface area contributed by atoms with E-state index in [9.17, 15) is 4.39 Å². The summed E-state index contributed by atoms with van der Waals surface area (Å²) in [7, 11) is 0. The quantitative estimate of drug-likeness (QED) is 0.724. The van der Waals surface area contributed by atoms with Crippen molar-refractivity contribution in [2.45, 2.75) is 16.7 Å². The van der Waals surface area contributed by atoms with E-state index in [1.54, 1.807) is 23.9 Å². The van der Waals surface area contributed by atoms with Crippen molar-refractivity contribution in [1.82, 2.24) is 0 Å². The van der Waals surface area contributed by atoms with Crippen LogP contribution in [0.3, 0.4) is 0 Å². The van der Waals surface area contributed by atoms with Gasteiger partial charge < -0.3 is 0 Å². The van der Waals surface area contributed by atoms with Gasteiger partial charge in [-0.15, -0.1) is 0 Å². The molecular formula is C13H11FS. The molecular weight excluding hydrogens is 207 g/mol. The topological polar surface area (TPSA) is 0 Å². The Bertz CT molecular complexity index is 422. The lowest BCUT2D eigenvalue weighted by Crippen LogP contribution is -1.77. The fourth-order valence-electron chi connectivity index (χ4n) is 1.35. The zero-order chi connectivity index (χ0) is 10.7. The van der Waals surface area contributed by atoms with E-state index < -0.39 is 0 Å². The first kappa shape index (κ1) is 10.2. The second-order valence-corrected chi connectivity index (χ2v) is 4.52. The maximum atomic E-state index is 12.9. The summed E-state index contributed by atoms with van der Waals surface area (Å²) < 4.78 is 12.9. The summed E-state index contributed by atoms with van der Waals surface area (Å²) in [6.45, 7) is 2.05. The third-order valence-electron chi connectivity index (χ3n) is 2.02. The van der Waals surface area contributed by atoms with Gasteiger partial charge in [0, 0.05) is 9.79 Å². The number of aryl methyl sites for hydroxylation is 1. The van der Waals surface area contributed by atoms with Crippen molar-refractivity contribution < 1.29 is 4.39 Å². The monoisotopic (exact) mass is 218 g/mol. The second kappa shape index (κ2) is 4.49. The first-order valence-electron chi connectivity index (χ1n) is 4.74. The molecule has 0 saturated heterocycles. The zero-order valence-electron chi connectivity index (χ0n) is 8.41. The lowest BCUT2D eigenvalue weighted by molar-refractivity contribution is 0.624. The van der Waals surface area contributed by atoms with Crippen LogP contribution >= 0.6 is 11.8 Å². The molecule has 0 aliphatic heterocycles. The molecule has 0 spiro atoms. The fraction of sp³-hybridized carbons (Fsp3) is 0.0769. The van der Waals surface area contributed by atoms with Gasteiger partial charge in [-0.05, 0) is 37.3 Å². The maximum absolute atomic E-state index is 12.9. The predicted molar refractivity (Wildman–Crippen MR) is 61.7 cm³/mol. The zero-order valence-corrected chi connectivity index (χ0v) is 9.22. The van der Waals surface area contributed by atoms with E-state index in [1.165, 1.54) is 11.6 Å². The predicted octanol–water partition coefficient (Wildman–Crippen LogP) is 4.29. The first-order chi connectivity index (χ1) is 7.24. The lowest BCUT2D eigenvalue weighted by Gasteiger charge is -2.02. The number of halogens is 1. The maximum Gasteiger partial charge on any atom is 0.124 e. The highest BCUT2D eigenvalue weighted by Gasteiger charge is 1.98. The Labute approximate surface area is 93.1 Å². The van der Waals surface area contributed by atoms with E-state index in [-0.39, 0.29) is 5.82 Å². The average molecular weight is 218 g/mol. The van der Waals surface area contributed by atoms with Crippen LogP contribution in [0.25, 0.3) is 0 Å². The molecule has 0 radical (unpaired) electrons. The van der Waals surface area contributed by atoms with Crippen LogP contribution in [-0.4, -0.2) is 0 Å². The molecule has 0 amide bonds. The first-order valence-corrected chi connectivity index (χ1v) is 5.56. The minimum Gasteiger partial charge on any atom is -0.207 e. The van der Waals surface area contributed by atoms with Gasteiger partial charge in [-0.2, -0.15) is 0 Å². The third-order valence-corrected chi connectivity index (χ3v) is 3.00. The standard InChI is InChI=1S/C13H11FS/c1-10-4-2-6-12(8-10)15-13-7-3-5-11(14)9-13/h2-9H,1H3. The van der Waals surface area contributed by atoms with Gasteiger partial charge in [-0.3, -0.25) is 0 Å². The highest BCUT2D eigenvalue weighted by molar-refractivity contribution is 7.99. The smallest absolute Gasteiger partial charge is 0.124 e. The van der Waals surface area contributed by atoms with Crippen LogP contribution in [0.4, 0.5) is 4.39 Å². The highest BCUT2D eigenvalue weighted by Crippen LogP contribution is 2.28. The Morgan fingerprint density at radius 1 is 0.933 bits per heavy atom. The highest BCUT2D eigenvalue weighted by atomic mass is 32.2. The molecule has 0 unspecified atom stereocenters. The molecule has 2 heteroatoms. The number of benzene rings is 2. The van der Waals surface area contributed by atoms with E-state index in [0.29, 0.717) is 0 Å². The van der Waals surface area contributed by atoms with Crippen molar-refractivity contribution in [3.63, 3.8) is 0 Å². The van der Waals surface area contributed by atoms with Gasteiger partial charge in [0.25, 0.3) is 0 Å². The molecule has 0 nitrogen and oxygen atoms in total. The molecule has 2 rings (SSSR count). The average Bonchev–Trinajstić information content (AvgIpc) is 2.17. The van der Waals surface area contributed by atoms with Crippen molar-refractivity contribution in [2.24, 2.45) is 0 Å². The molecule has 0 saturated carbocycles.